The van der Waals surface area contributed by atoms with Gasteiger partial charge in [0.05, 0.1) is 10.6 Å². The molecule has 7 heteroatoms. The van der Waals surface area contributed by atoms with Gasteiger partial charge in [0.25, 0.3) is 5.91 Å². The maximum atomic E-state index is 12.4. The molecule has 120 valence electrons. The van der Waals surface area contributed by atoms with Crippen LogP contribution in [0, 0.1) is 0 Å². The fourth-order valence-corrected chi connectivity index (χ4v) is 2.85. The van der Waals surface area contributed by atoms with Crippen LogP contribution in [0.4, 0.5) is 5.69 Å². The van der Waals surface area contributed by atoms with E-state index in [1.807, 2.05) is 17.5 Å². The van der Waals surface area contributed by atoms with Crippen LogP contribution in [-0.2, 0) is 0 Å². The van der Waals surface area contributed by atoms with E-state index in [0.717, 1.165) is 4.88 Å². The number of carbonyl (C=O) groups is 2. The van der Waals surface area contributed by atoms with Crippen molar-refractivity contribution in [1.82, 2.24) is 9.97 Å². The third kappa shape index (κ3) is 3.47. The number of nitrogens with zero attached hydrogens (tertiary/aromatic N) is 1. The Kier molecular flexibility index (Phi) is 4.35. The molecule has 0 saturated heterocycles. The molecule has 0 aliphatic carbocycles. The molecule has 3 rings (SSSR count). The van der Waals surface area contributed by atoms with Crippen LogP contribution in [0.3, 0.4) is 0 Å². The Balaban J connectivity index is 1.89. The summed E-state index contributed by atoms with van der Waals surface area (Å²) in [5.41, 5.74) is 0.907. The summed E-state index contributed by atoms with van der Waals surface area (Å²) in [4.78, 5) is 42.6. The van der Waals surface area contributed by atoms with E-state index in [-0.39, 0.29) is 11.5 Å². The smallest absolute Gasteiger partial charge is 0.321 e. The zero-order chi connectivity index (χ0) is 17.1. The third-order valence-electron chi connectivity index (χ3n) is 3.29. The first-order valence-electron chi connectivity index (χ1n) is 7.10. The normalized spacial score (nSPS) is 10.4. The molecule has 2 aromatic heterocycles. The van der Waals surface area contributed by atoms with Gasteiger partial charge in [0.2, 0.25) is 0 Å². The van der Waals surface area contributed by atoms with E-state index >= 15 is 0 Å². The number of carbonyl (C=O) groups excluding carboxylic acids is 2. The van der Waals surface area contributed by atoms with Gasteiger partial charge in [-0.05, 0) is 36.6 Å². The molecule has 24 heavy (non-hydrogen) atoms. The van der Waals surface area contributed by atoms with Gasteiger partial charge in [-0.25, -0.2) is 4.79 Å². The minimum Gasteiger partial charge on any atom is -0.321 e. The lowest BCUT2D eigenvalue weighted by Crippen LogP contribution is -2.21. The number of nitrogens with one attached hydrogen (secondary N) is 2. The van der Waals surface area contributed by atoms with Crippen LogP contribution in [0.25, 0.3) is 10.6 Å². The van der Waals surface area contributed by atoms with Crippen molar-refractivity contribution in [2.24, 2.45) is 0 Å². The molecular formula is C17H13N3O3S. The van der Waals surface area contributed by atoms with Crippen LogP contribution in [-0.4, -0.2) is 21.7 Å². The van der Waals surface area contributed by atoms with E-state index in [9.17, 15) is 14.4 Å². The van der Waals surface area contributed by atoms with E-state index < -0.39 is 11.6 Å². The molecule has 0 bridgehead atoms. The molecule has 0 saturated carbocycles. The van der Waals surface area contributed by atoms with E-state index in [2.05, 4.69) is 15.3 Å². The Labute approximate surface area is 141 Å². The quantitative estimate of drug-likeness (QED) is 0.715. The van der Waals surface area contributed by atoms with Gasteiger partial charge in [0.1, 0.15) is 5.69 Å². The maximum Gasteiger partial charge on any atom is 0.346 e. The average molecular weight is 339 g/mol. The zero-order valence-corrected chi connectivity index (χ0v) is 13.5. The topological polar surface area (TPSA) is 91.9 Å². The van der Waals surface area contributed by atoms with Crippen molar-refractivity contribution in [3.63, 3.8) is 0 Å². The van der Waals surface area contributed by atoms with E-state index in [4.69, 9.17) is 0 Å². The molecule has 0 radical (unpaired) electrons. The number of ketones is 1. The summed E-state index contributed by atoms with van der Waals surface area (Å²) in [5.74, 6) is -0.611. The summed E-state index contributed by atoms with van der Waals surface area (Å²) in [6.07, 6.45) is 0. The molecule has 1 aromatic carbocycles. The van der Waals surface area contributed by atoms with Crippen LogP contribution < -0.4 is 11.0 Å². The van der Waals surface area contributed by atoms with Crippen molar-refractivity contribution >= 4 is 28.7 Å². The molecule has 1 amide bonds. The van der Waals surface area contributed by atoms with Crippen molar-refractivity contribution in [2.75, 3.05) is 5.32 Å². The van der Waals surface area contributed by atoms with E-state index in [0.29, 0.717) is 16.9 Å². The van der Waals surface area contributed by atoms with Crippen molar-refractivity contribution in [2.45, 2.75) is 6.92 Å². The summed E-state index contributed by atoms with van der Waals surface area (Å²) in [6.45, 7) is 1.45. The minimum atomic E-state index is -0.594. The Hall–Kier alpha value is -3.06. The fraction of sp³-hybridized carbons (Fsp3) is 0.0588. The molecule has 0 spiro atoms. The highest BCUT2D eigenvalue weighted by molar-refractivity contribution is 7.13. The summed E-state index contributed by atoms with van der Waals surface area (Å²) < 4.78 is 0. The monoisotopic (exact) mass is 339 g/mol. The number of aromatic amines is 1. The number of Topliss-reactive ketones (excluding diaryl/α,β-unsaturated/α-hetero) is 1. The molecule has 6 nitrogen and oxygen atoms in total. The Morgan fingerprint density at radius 3 is 2.71 bits per heavy atom. The van der Waals surface area contributed by atoms with Crippen molar-refractivity contribution in [3.8, 4) is 10.6 Å². The third-order valence-corrected chi connectivity index (χ3v) is 4.19. The van der Waals surface area contributed by atoms with E-state index in [1.165, 1.54) is 24.3 Å². The number of rotatable bonds is 4. The lowest BCUT2D eigenvalue weighted by atomic mass is 10.1. The summed E-state index contributed by atoms with van der Waals surface area (Å²) in [6, 6.07) is 11.8. The predicted molar refractivity (Wildman–Crippen MR) is 92.6 cm³/mol. The number of hydrogen-bond donors (Lipinski definition) is 2. The molecule has 0 unspecified atom stereocenters. The molecule has 0 aliphatic rings. The van der Waals surface area contributed by atoms with Crippen LogP contribution in [0.2, 0.25) is 0 Å². The Morgan fingerprint density at radius 2 is 2.00 bits per heavy atom. The number of amides is 1. The van der Waals surface area contributed by atoms with E-state index in [1.54, 1.807) is 24.3 Å². The number of aromatic nitrogens is 2. The fourth-order valence-electron chi connectivity index (χ4n) is 2.15. The SMILES string of the molecule is CC(=O)c1cccc(NC(=O)c2cc(-c3cccs3)[nH]c(=O)n2)c1. The lowest BCUT2D eigenvalue weighted by Gasteiger charge is -2.06. The van der Waals surface area contributed by atoms with Gasteiger partial charge < -0.3 is 10.3 Å². The summed E-state index contributed by atoms with van der Waals surface area (Å²) in [7, 11) is 0. The van der Waals surface area contributed by atoms with Crippen molar-refractivity contribution in [1.29, 1.82) is 0 Å². The van der Waals surface area contributed by atoms with Crippen LogP contribution in [0.15, 0.2) is 52.6 Å². The summed E-state index contributed by atoms with van der Waals surface area (Å²) in [5, 5.41) is 4.53. The molecule has 3 aromatic rings. The maximum absolute atomic E-state index is 12.4. The number of H-pyrrole nitrogens is 1. The first-order chi connectivity index (χ1) is 11.5. The predicted octanol–water partition coefficient (Wildman–Crippen LogP) is 2.95. The second-order valence-corrected chi connectivity index (χ2v) is 6.00. The number of thiophene rings is 1. The lowest BCUT2D eigenvalue weighted by molar-refractivity contribution is 0.100. The van der Waals surface area contributed by atoms with Crippen LogP contribution in [0.5, 0.6) is 0 Å². The van der Waals surface area contributed by atoms with Crippen LogP contribution in [0.1, 0.15) is 27.8 Å². The van der Waals surface area contributed by atoms with Crippen molar-refractivity contribution < 1.29 is 9.59 Å². The first kappa shape index (κ1) is 15.8. The molecule has 0 fully saturated rings. The number of benzene rings is 1. The molecule has 0 aliphatic heterocycles. The van der Waals surface area contributed by atoms with Gasteiger partial charge in [0.15, 0.2) is 5.78 Å². The summed E-state index contributed by atoms with van der Waals surface area (Å²) >= 11 is 1.45. The van der Waals surface area contributed by atoms with Crippen molar-refractivity contribution in [3.05, 3.63) is 69.6 Å². The molecule has 2 N–H and O–H groups in total. The molecular weight excluding hydrogens is 326 g/mol. The Morgan fingerprint density at radius 1 is 1.17 bits per heavy atom. The van der Waals surface area contributed by atoms with Gasteiger partial charge in [-0.1, -0.05) is 18.2 Å². The first-order valence-corrected chi connectivity index (χ1v) is 7.98. The Bertz CT molecular complexity index is 961. The average Bonchev–Trinajstić information content (AvgIpc) is 3.09. The largest absolute Gasteiger partial charge is 0.346 e. The highest BCUT2D eigenvalue weighted by Gasteiger charge is 2.12. The molecule has 2 heterocycles. The van der Waals surface area contributed by atoms with Crippen LogP contribution >= 0.6 is 11.3 Å². The standard InChI is InChI=1S/C17H13N3O3S/c1-10(21)11-4-2-5-12(8-11)18-16(22)14-9-13(19-17(23)20-14)15-6-3-7-24-15/h2-9H,1H3,(H,18,22)(H,19,20,23). The highest BCUT2D eigenvalue weighted by Crippen LogP contribution is 2.22. The zero-order valence-electron chi connectivity index (χ0n) is 12.7. The van der Waals surface area contributed by atoms with Gasteiger partial charge in [-0.3, -0.25) is 9.59 Å². The second-order valence-electron chi connectivity index (χ2n) is 5.05. The highest BCUT2D eigenvalue weighted by atomic mass is 32.1. The molecule has 0 atom stereocenters. The van der Waals surface area contributed by atoms with Gasteiger partial charge in [0, 0.05) is 11.3 Å². The minimum absolute atomic E-state index is 0.00961. The number of hydrogen-bond acceptors (Lipinski definition) is 5. The second kappa shape index (κ2) is 6.59. The van der Waals surface area contributed by atoms with Gasteiger partial charge in [-0.15, -0.1) is 11.3 Å². The van der Waals surface area contributed by atoms with Gasteiger partial charge in [-0.2, -0.15) is 4.98 Å². The van der Waals surface area contributed by atoms with Gasteiger partial charge >= 0.3 is 5.69 Å². The number of anilines is 1.